The first kappa shape index (κ1) is 16.0. The van der Waals surface area contributed by atoms with E-state index in [-0.39, 0.29) is 6.17 Å². The maximum atomic E-state index is 6.35. The molecule has 23 heavy (non-hydrogen) atoms. The topological polar surface area (TPSA) is 46.0 Å². The van der Waals surface area contributed by atoms with Crippen LogP contribution in [0.1, 0.15) is 22.9 Å². The lowest BCUT2D eigenvalue weighted by atomic mass is 10.1. The summed E-state index contributed by atoms with van der Waals surface area (Å²) >= 11 is 9.82. The van der Waals surface area contributed by atoms with E-state index in [9.17, 15) is 0 Å². The minimum Gasteiger partial charge on any atom is -0.468 e. The summed E-state index contributed by atoms with van der Waals surface area (Å²) in [6, 6.07) is 16.1. The summed E-state index contributed by atoms with van der Waals surface area (Å²) in [5.41, 5.74) is 2.94. The van der Waals surface area contributed by atoms with Gasteiger partial charge in [0, 0.05) is 10.9 Å². The maximum absolute atomic E-state index is 6.35. The number of benzene rings is 2. The van der Waals surface area contributed by atoms with Gasteiger partial charge in [0.25, 0.3) is 6.02 Å². The molecule has 1 atom stereocenters. The van der Waals surface area contributed by atoms with Gasteiger partial charge in [-0.25, -0.2) is 9.98 Å². The zero-order valence-electron chi connectivity index (χ0n) is 12.5. The minimum atomic E-state index is -0.355. The maximum Gasteiger partial charge on any atom is 0.292 e. The van der Waals surface area contributed by atoms with Crippen molar-refractivity contribution in [1.29, 1.82) is 0 Å². The Hall–Kier alpha value is -1.85. The average Bonchev–Trinajstić information content (AvgIpc) is 2.62. The Morgan fingerprint density at radius 2 is 1.96 bits per heavy atom. The van der Waals surface area contributed by atoms with E-state index >= 15 is 0 Å². The van der Waals surface area contributed by atoms with Crippen LogP contribution in [0.3, 0.4) is 0 Å². The highest BCUT2D eigenvalue weighted by Gasteiger charge is 2.21. The van der Waals surface area contributed by atoms with E-state index in [4.69, 9.17) is 21.3 Å². The van der Waals surface area contributed by atoms with E-state index < -0.39 is 0 Å². The number of rotatable bonds is 3. The number of alkyl halides is 1. The Balaban J connectivity index is 2.03. The van der Waals surface area contributed by atoms with Crippen LogP contribution >= 0.6 is 27.5 Å². The summed E-state index contributed by atoms with van der Waals surface area (Å²) in [5.74, 6) is 0.651. The van der Waals surface area contributed by atoms with E-state index in [0.29, 0.717) is 16.9 Å². The fourth-order valence-electron chi connectivity index (χ4n) is 2.28. The second-order valence-corrected chi connectivity index (χ2v) is 5.94. The molecule has 4 nitrogen and oxygen atoms in total. The van der Waals surface area contributed by atoms with Crippen molar-refractivity contribution < 1.29 is 4.74 Å². The summed E-state index contributed by atoms with van der Waals surface area (Å²) in [7, 11) is 1.58. The van der Waals surface area contributed by atoms with Gasteiger partial charge in [-0.3, -0.25) is 5.32 Å². The highest BCUT2D eigenvalue weighted by atomic mass is 79.9. The predicted molar refractivity (Wildman–Crippen MR) is 97.4 cm³/mol. The molecule has 6 heteroatoms. The van der Waals surface area contributed by atoms with Crippen molar-refractivity contribution in [1.82, 2.24) is 5.32 Å². The molecule has 1 aliphatic rings. The Kier molecular flexibility index (Phi) is 4.98. The van der Waals surface area contributed by atoms with Crippen LogP contribution in [-0.2, 0) is 10.1 Å². The van der Waals surface area contributed by atoms with Crippen molar-refractivity contribution in [3.8, 4) is 0 Å². The number of aliphatic imine (C=N–C) groups is 2. The summed E-state index contributed by atoms with van der Waals surface area (Å²) in [6.45, 7) is 0. The number of hydrogen-bond donors (Lipinski definition) is 1. The number of amidine groups is 2. The molecule has 0 aromatic heterocycles. The summed E-state index contributed by atoms with van der Waals surface area (Å²) in [6.07, 6.45) is -0.355. The SMILES string of the molecule is COC1=NC(c2ccccc2)N=C(c2cc(CBr)ccc2Cl)N1. The van der Waals surface area contributed by atoms with Crippen LogP contribution < -0.4 is 5.32 Å². The third-order valence-electron chi connectivity index (χ3n) is 3.45. The van der Waals surface area contributed by atoms with Crippen molar-refractivity contribution in [2.45, 2.75) is 11.5 Å². The van der Waals surface area contributed by atoms with Gasteiger partial charge in [-0.1, -0.05) is 63.9 Å². The van der Waals surface area contributed by atoms with Crippen molar-refractivity contribution >= 4 is 39.4 Å². The lowest BCUT2D eigenvalue weighted by Crippen LogP contribution is -2.36. The fraction of sp³-hybridized carbons (Fsp3) is 0.176. The monoisotopic (exact) mass is 391 g/mol. The molecule has 2 aromatic rings. The number of hydrogen-bond acceptors (Lipinski definition) is 4. The molecule has 1 aliphatic heterocycles. The van der Waals surface area contributed by atoms with Crippen LogP contribution in [0.15, 0.2) is 58.5 Å². The van der Waals surface area contributed by atoms with Gasteiger partial charge in [0.1, 0.15) is 5.84 Å². The standard InChI is InChI=1S/C17H15BrClN3O/c1-23-17-21-15(12-5-3-2-4-6-12)20-16(22-17)13-9-11(10-18)7-8-14(13)19/h2-9,15H,10H2,1H3,(H,20,21,22). The molecular weight excluding hydrogens is 378 g/mol. The molecule has 0 saturated carbocycles. The molecule has 0 saturated heterocycles. The Morgan fingerprint density at radius 1 is 1.17 bits per heavy atom. The predicted octanol–water partition coefficient (Wildman–Crippen LogP) is 4.29. The van der Waals surface area contributed by atoms with Crippen molar-refractivity contribution in [2.75, 3.05) is 7.11 Å². The first-order valence-corrected chi connectivity index (χ1v) is 8.57. The molecule has 3 rings (SSSR count). The normalized spacial score (nSPS) is 17.1. The molecule has 2 aromatic carbocycles. The summed E-state index contributed by atoms with van der Waals surface area (Å²) < 4.78 is 5.30. The van der Waals surface area contributed by atoms with Crippen molar-refractivity contribution in [2.24, 2.45) is 9.98 Å². The van der Waals surface area contributed by atoms with Crippen LogP contribution in [0.2, 0.25) is 5.02 Å². The number of ether oxygens (including phenoxy) is 1. The minimum absolute atomic E-state index is 0.355. The first-order valence-electron chi connectivity index (χ1n) is 7.07. The molecule has 118 valence electrons. The molecule has 0 aliphatic carbocycles. The molecule has 0 amide bonds. The molecule has 0 bridgehead atoms. The van der Waals surface area contributed by atoms with Gasteiger partial charge in [0.15, 0.2) is 6.17 Å². The first-order chi connectivity index (χ1) is 11.2. The van der Waals surface area contributed by atoms with Crippen molar-refractivity contribution in [3.63, 3.8) is 0 Å². The molecule has 1 heterocycles. The molecule has 0 fully saturated rings. The highest BCUT2D eigenvalue weighted by Crippen LogP contribution is 2.25. The van der Waals surface area contributed by atoms with Crippen LogP contribution in [-0.4, -0.2) is 19.0 Å². The van der Waals surface area contributed by atoms with Gasteiger partial charge in [-0.15, -0.1) is 0 Å². The Bertz CT molecular complexity index is 762. The number of nitrogens with one attached hydrogen (secondary N) is 1. The third-order valence-corrected chi connectivity index (χ3v) is 4.42. The summed E-state index contributed by atoms with van der Waals surface area (Å²) in [4.78, 5) is 9.16. The number of methoxy groups -OCH3 is 1. The second-order valence-electron chi connectivity index (χ2n) is 4.97. The van der Waals surface area contributed by atoms with Gasteiger partial charge in [-0.2, -0.15) is 0 Å². The van der Waals surface area contributed by atoms with E-state index in [2.05, 4.69) is 26.2 Å². The van der Waals surface area contributed by atoms with Crippen LogP contribution in [0.25, 0.3) is 0 Å². The van der Waals surface area contributed by atoms with E-state index in [1.54, 1.807) is 7.11 Å². The number of halogens is 2. The van der Waals surface area contributed by atoms with Gasteiger partial charge < -0.3 is 4.74 Å². The third kappa shape index (κ3) is 3.57. The highest BCUT2D eigenvalue weighted by molar-refractivity contribution is 9.08. The van der Waals surface area contributed by atoms with E-state index in [1.165, 1.54) is 0 Å². The molecule has 1 unspecified atom stereocenters. The second kappa shape index (κ2) is 7.15. The molecule has 0 radical (unpaired) electrons. The van der Waals surface area contributed by atoms with Crippen LogP contribution in [0.4, 0.5) is 0 Å². The zero-order valence-corrected chi connectivity index (χ0v) is 14.8. The summed E-state index contributed by atoms with van der Waals surface area (Å²) in [5, 5.41) is 4.47. The van der Waals surface area contributed by atoms with Gasteiger partial charge >= 0.3 is 0 Å². The van der Waals surface area contributed by atoms with Gasteiger partial charge in [0.2, 0.25) is 0 Å². The van der Waals surface area contributed by atoms with Gasteiger partial charge in [0.05, 0.1) is 12.1 Å². The molecule has 0 spiro atoms. The quantitative estimate of drug-likeness (QED) is 0.792. The van der Waals surface area contributed by atoms with E-state index in [0.717, 1.165) is 22.0 Å². The fourth-order valence-corrected chi connectivity index (χ4v) is 2.84. The Morgan fingerprint density at radius 3 is 2.65 bits per heavy atom. The van der Waals surface area contributed by atoms with E-state index in [1.807, 2.05) is 48.5 Å². The largest absolute Gasteiger partial charge is 0.468 e. The Labute approximate surface area is 148 Å². The smallest absolute Gasteiger partial charge is 0.292 e. The lowest BCUT2D eigenvalue weighted by molar-refractivity contribution is 0.381. The molecular formula is C17H15BrClN3O. The molecule has 1 N–H and O–H groups in total. The number of nitrogens with zero attached hydrogens (tertiary/aromatic N) is 2. The lowest BCUT2D eigenvalue weighted by Gasteiger charge is -2.21. The zero-order chi connectivity index (χ0) is 16.2. The van der Waals surface area contributed by atoms with Crippen molar-refractivity contribution in [3.05, 3.63) is 70.2 Å². The van der Waals surface area contributed by atoms with Gasteiger partial charge in [-0.05, 0) is 23.3 Å². The average molecular weight is 393 g/mol. The van der Waals surface area contributed by atoms with Crippen LogP contribution in [0, 0.1) is 0 Å². The van der Waals surface area contributed by atoms with Crippen LogP contribution in [0.5, 0.6) is 0 Å².